The van der Waals surface area contributed by atoms with E-state index in [4.69, 9.17) is 0 Å². The number of aliphatic carboxylic acids is 1. The number of carboxylic acids is 1. The van der Waals surface area contributed by atoms with Gasteiger partial charge in [-0.05, 0) is 38.0 Å². The van der Waals surface area contributed by atoms with Crippen LogP contribution in [-0.2, 0) is 15.8 Å². The van der Waals surface area contributed by atoms with Gasteiger partial charge in [0.05, 0.1) is 11.5 Å². The normalized spacial score (nSPS) is 21.5. The average molecular weight is 326 g/mol. The van der Waals surface area contributed by atoms with Crippen LogP contribution in [0.3, 0.4) is 0 Å². The SMILES string of the molecule is CC1=CC[C@@H](C(=O)[O-])[C@H](C(=O)Nc2cccc(C(F)(F)F)c2)C1. The first-order valence-corrected chi connectivity index (χ1v) is 7.03. The van der Waals surface area contributed by atoms with Crippen LogP contribution < -0.4 is 10.4 Å². The van der Waals surface area contributed by atoms with Crippen molar-refractivity contribution in [3.05, 3.63) is 41.5 Å². The van der Waals surface area contributed by atoms with Gasteiger partial charge in [0.15, 0.2) is 0 Å². The van der Waals surface area contributed by atoms with E-state index in [0.717, 1.165) is 17.7 Å². The van der Waals surface area contributed by atoms with E-state index in [9.17, 15) is 27.9 Å². The standard InChI is InChI=1S/C16H16F3NO3/c1-9-5-6-12(15(22)23)13(7-9)14(21)20-11-4-2-3-10(8-11)16(17,18)19/h2-5,8,12-13H,6-7H2,1H3,(H,20,21)(H,22,23)/p-1/t12-,13-/m1/s1. The molecule has 1 aliphatic rings. The van der Waals surface area contributed by atoms with E-state index in [1.54, 1.807) is 13.0 Å². The lowest BCUT2D eigenvalue weighted by Gasteiger charge is -2.30. The van der Waals surface area contributed by atoms with Crippen LogP contribution in [0.5, 0.6) is 0 Å². The van der Waals surface area contributed by atoms with Gasteiger partial charge < -0.3 is 15.2 Å². The van der Waals surface area contributed by atoms with Gasteiger partial charge in [-0.3, -0.25) is 4.79 Å². The highest BCUT2D eigenvalue weighted by Crippen LogP contribution is 2.32. The van der Waals surface area contributed by atoms with Crippen molar-refractivity contribution in [1.29, 1.82) is 0 Å². The fraction of sp³-hybridized carbons (Fsp3) is 0.375. The minimum atomic E-state index is -4.52. The van der Waals surface area contributed by atoms with E-state index in [0.29, 0.717) is 0 Å². The molecule has 7 heteroatoms. The molecule has 0 aliphatic heterocycles. The number of halogens is 3. The minimum Gasteiger partial charge on any atom is -0.550 e. The molecule has 0 heterocycles. The quantitative estimate of drug-likeness (QED) is 0.867. The molecule has 0 radical (unpaired) electrons. The highest BCUT2D eigenvalue weighted by molar-refractivity contribution is 5.95. The van der Waals surface area contributed by atoms with Crippen molar-refractivity contribution >= 4 is 17.6 Å². The van der Waals surface area contributed by atoms with E-state index in [-0.39, 0.29) is 18.5 Å². The van der Waals surface area contributed by atoms with Gasteiger partial charge in [-0.15, -0.1) is 0 Å². The number of benzene rings is 1. The fourth-order valence-corrected chi connectivity index (χ4v) is 2.61. The molecule has 0 saturated carbocycles. The Hall–Kier alpha value is -2.31. The zero-order valence-corrected chi connectivity index (χ0v) is 12.3. The lowest BCUT2D eigenvalue weighted by Crippen LogP contribution is -2.42. The first-order valence-electron chi connectivity index (χ1n) is 7.03. The van der Waals surface area contributed by atoms with Gasteiger partial charge in [-0.2, -0.15) is 13.2 Å². The zero-order chi connectivity index (χ0) is 17.2. The Kier molecular flexibility index (Phi) is 4.77. The molecular weight excluding hydrogens is 311 g/mol. The lowest BCUT2D eigenvalue weighted by molar-refractivity contribution is -0.313. The second kappa shape index (κ2) is 6.44. The van der Waals surface area contributed by atoms with Crippen LogP contribution in [0.25, 0.3) is 0 Å². The summed E-state index contributed by atoms with van der Waals surface area (Å²) in [5, 5.41) is 13.5. The van der Waals surface area contributed by atoms with Crippen LogP contribution in [0.2, 0.25) is 0 Å². The molecule has 23 heavy (non-hydrogen) atoms. The number of anilines is 1. The molecule has 124 valence electrons. The van der Waals surface area contributed by atoms with Gasteiger partial charge in [0.25, 0.3) is 0 Å². The molecule has 2 rings (SSSR count). The van der Waals surface area contributed by atoms with Crippen molar-refractivity contribution in [3.63, 3.8) is 0 Å². The maximum absolute atomic E-state index is 12.7. The van der Waals surface area contributed by atoms with Gasteiger partial charge in [0.1, 0.15) is 0 Å². The molecule has 0 unspecified atom stereocenters. The molecule has 4 nitrogen and oxygen atoms in total. The number of alkyl halides is 3. The molecule has 1 amide bonds. The summed E-state index contributed by atoms with van der Waals surface area (Å²) in [6.45, 7) is 1.77. The van der Waals surface area contributed by atoms with Crippen LogP contribution in [0, 0.1) is 11.8 Å². The highest BCUT2D eigenvalue weighted by atomic mass is 19.4. The summed E-state index contributed by atoms with van der Waals surface area (Å²) in [7, 11) is 0. The zero-order valence-electron chi connectivity index (χ0n) is 12.3. The molecule has 1 N–H and O–H groups in total. The number of hydrogen-bond acceptors (Lipinski definition) is 3. The number of nitrogens with one attached hydrogen (secondary N) is 1. The van der Waals surface area contributed by atoms with E-state index >= 15 is 0 Å². The highest BCUT2D eigenvalue weighted by Gasteiger charge is 2.33. The van der Waals surface area contributed by atoms with Crippen LogP contribution >= 0.6 is 0 Å². The summed E-state index contributed by atoms with van der Waals surface area (Å²) in [5.41, 5.74) is -0.0349. The molecule has 0 spiro atoms. The van der Waals surface area contributed by atoms with Crippen LogP contribution in [0.15, 0.2) is 35.9 Å². The third kappa shape index (κ3) is 4.12. The summed E-state index contributed by atoms with van der Waals surface area (Å²) in [6, 6.07) is 4.22. The van der Waals surface area contributed by atoms with Gasteiger partial charge in [0.2, 0.25) is 5.91 Å². The van der Waals surface area contributed by atoms with E-state index < -0.39 is 35.5 Å². The smallest absolute Gasteiger partial charge is 0.416 e. The third-order valence-electron chi connectivity index (χ3n) is 3.84. The molecular formula is C16H15F3NO3-. The summed E-state index contributed by atoms with van der Waals surface area (Å²) in [5.74, 6) is -3.80. The predicted molar refractivity (Wildman–Crippen MR) is 75.1 cm³/mol. The van der Waals surface area contributed by atoms with E-state index in [1.165, 1.54) is 12.1 Å². The largest absolute Gasteiger partial charge is 0.550 e. The van der Waals surface area contributed by atoms with Gasteiger partial charge in [-0.25, -0.2) is 0 Å². The number of carboxylic acid groups (broad SMARTS) is 1. The Morgan fingerprint density at radius 2 is 1.96 bits per heavy atom. The van der Waals surface area contributed by atoms with Crippen LogP contribution in [0.4, 0.5) is 18.9 Å². The van der Waals surface area contributed by atoms with Crippen molar-refractivity contribution in [1.82, 2.24) is 0 Å². The second-order valence-electron chi connectivity index (χ2n) is 5.59. The summed E-state index contributed by atoms with van der Waals surface area (Å²) in [4.78, 5) is 23.4. The number of hydrogen-bond donors (Lipinski definition) is 1. The molecule has 1 aromatic carbocycles. The predicted octanol–water partition coefficient (Wildman–Crippen LogP) is 2.37. The van der Waals surface area contributed by atoms with Gasteiger partial charge in [-0.1, -0.05) is 17.7 Å². The minimum absolute atomic E-state index is 0.0193. The number of carbonyl (C=O) groups is 2. The molecule has 1 aliphatic carbocycles. The van der Waals surface area contributed by atoms with Crippen molar-refractivity contribution in [3.8, 4) is 0 Å². The summed E-state index contributed by atoms with van der Waals surface area (Å²) in [6.07, 6.45) is -2.37. The fourth-order valence-electron chi connectivity index (χ4n) is 2.61. The molecule has 1 aromatic rings. The Bertz CT molecular complexity index is 652. The van der Waals surface area contributed by atoms with Crippen LogP contribution in [-0.4, -0.2) is 11.9 Å². The van der Waals surface area contributed by atoms with E-state index in [2.05, 4.69) is 5.32 Å². The Balaban J connectivity index is 2.18. The van der Waals surface area contributed by atoms with Crippen molar-refractivity contribution in [2.75, 3.05) is 5.32 Å². The monoisotopic (exact) mass is 326 g/mol. The van der Waals surface area contributed by atoms with Crippen LogP contribution in [0.1, 0.15) is 25.3 Å². The first kappa shape index (κ1) is 17.1. The second-order valence-corrected chi connectivity index (χ2v) is 5.59. The Labute approximate surface area is 131 Å². The van der Waals surface area contributed by atoms with Gasteiger partial charge >= 0.3 is 6.18 Å². The van der Waals surface area contributed by atoms with Crippen molar-refractivity contribution in [2.45, 2.75) is 25.9 Å². The Morgan fingerprint density at radius 3 is 2.57 bits per heavy atom. The molecule has 0 saturated heterocycles. The third-order valence-corrected chi connectivity index (χ3v) is 3.84. The lowest BCUT2D eigenvalue weighted by atomic mass is 9.79. The topological polar surface area (TPSA) is 69.2 Å². The molecule has 2 atom stereocenters. The van der Waals surface area contributed by atoms with E-state index in [1.807, 2.05) is 0 Å². The van der Waals surface area contributed by atoms with Crippen molar-refractivity contribution < 1.29 is 27.9 Å². The Morgan fingerprint density at radius 1 is 1.26 bits per heavy atom. The summed E-state index contributed by atoms with van der Waals surface area (Å²) >= 11 is 0. The number of rotatable bonds is 3. The van der Waals surface area contributed by atoms with Gasteiger partial charge in [0, 0.05) is 17.6 Å². The average Bonchev–Trinajstić information content (AvgIpc) is 2.46. The summed E-state index contributed by atoms with van der Waals surface area (Å²) < 4.78 is 38.0. The molecule has 0 fully saturated rings. The first-order chi connectivity index (χ1) is 10.7. The number of allylic oxidation sites excluding steroid dienone is 2. The molecule has 0 aromatic heterocycles. The van der Waals surface area contributed by atoms with Crippen molar-refractivity contribution in [2.24, 2.45) is 11.8 Å². The number of carbonyl (C=O) groups excluding carboxylic acids is 2. The maximum atomic E-state index is 12.7. The number of amides is 1. The maximum Gasteiger partial charge on any atom is 0.416 e. The molecule has 0 bridgehead atoms.